The third-order valence-corrected chi connectivity index (χ3v) is 8.06. The van der Waals surface area contributed by atoms with Crippen molar-refractivity contribution >= 4 is 15.9 Å². The van der Waals surface area contributed by atoms with E-state index in [0.29, 0.717) is 18.7 Å². The third-order valence-electron chi connectivity index (χ3n) is 6.18. The minimum absolute atomic E-state index is 0.00701. The van der Waals surface area contributed by atoms with Gasteiger partial charge in [-0.3, -0.25) is 9.48 Å². The van der Waals surface area contributed by atoms with Crippen LogP contribution in [0.25, 0.3) is 0 Å². The number of aromatic nitrogens is 3. The number of benzene rings is 1. The Bertz CT molecular complexity index is 1160. The molecule has 0 unspecified atom stereocenters. The van der Waals surface area contributed by atoms with E-state index in [2.05, 4.69) is 10.3 Å². The highest BCUT2D eigenvalue weighted by Gasteiger charge is 2.31. The molecule has 3 atom stereocenters. The Morgan fingerprint density at radius 2 is 2.11 bits per heavy atom. The Hall–Kier alpha value is -2.85. The zero-order chi connectivity index (χ0) is 25.6. The van der Waals surface area contributed by atoms with Crippen molar-refractivity contribution in [3.05, 3.63) is 41.7 Å². The van der Waals surface area contributed by atoms with Crippen molar-refractivity contribution < 1.29 is 23.1 Å². The summed E-state index contributed by atoms with van der Waals surface area (Å²) in [7, 11) is -2.53. The Kier molecular flexibility index (Phi) is 8.96. The van der Waals surface area contributed by atoms with Crippen molar-refractivity contribution in [1.29, 1.82) is 5.26 Å². The SMILES string of the molecule is C[C@H](CO)N1C[C@H](C)[C@@H](CN(C)S(=O)(=O)c2ccccc2C#N)OCc2cn(nn2)CCCC1=O. The molecule has 1 aliphatic rings. The quantitative estimate of drug-likeness (QED) is 0.614. The number of aliphatic hydroxyl groups excluding tert-OH is 1. The summed E-state index contributed by atoms with van der Waals surface area (Å²) in [6.07, 6.45) is 2.02. The summed E-state index contributed by atoms with van der Waals surface area (Å²) in [5.41, 5.74) is 0.669. The summed E-state index contributed by atoms with van der Waals surface area (Å²) in [4.78, 5) is 14.5. The number of aryl methyl sites for hydroxylation is 1. The molecule has 2 bridgehead atoms. The van der Waals surface area contributed by atoms with E-state index in [-0.39, 0.29) is 55.0 Å². The number of fused-ring (bicyclic) bond motifs is 2. The summed E-state index contributed by atoms with van der Waals surface area (Å²) < 4.78 is 35.5. The fourth-order valence-corrected chi connectivity index (χ4v) is 5.32. The van der Waals surface area contributed by atoms with Crippen molar-refractivity contribution in [2.75, 3.05) is 26.7 Å². The van der Waals surface area contributed by atoms with Gasteiger partial charge >= 0.3 is 0 Å². The van der Waals surface area contributed by atoms with Gasteiger partial charge in [0.1, 0.15) is 11.8 Å². The number of sulfonamides is 1. The zero-order valence-electron chi connectivity index (χ0n) is 20.2. The molecule has 0 fully saturated rings. The monoisotopic (exact) mass is 504 g/mol. The molecule has 12 heteroatoms. The van der Waals surface area contributed by atoms with E-state index in [0.717, 1.165) is 0 Å². The van der Waals surface area contributed by atoms with E-state index in [1.807, 2.05) is 13.0 Å². The predicted octanol–water partition coefficient (Wildman–Crippen LogP) is 0.995. The lowest BCUT2D eigenvalue weighted by molar-refractivity contribution is -0.136. The van der Waals surface area contributed by atoms with Gasteiger partial charge in [-0.2, -0.15) is 9.57 Å². The molecule has 1 N–H and O–H groups in total. The lowest BCUT2D eigenvalue weighted by atomic mass is 10.0. The van der Waals surface area contributed by atoms with Crippen LogP contribution < -0.4 is 0 Å². The van der Waals surface area contributed by atoms with Gasteiger partial charge in [-0.25, -0.2) is 8.42 Å². The maximum absolute atomic E-state index is 13.3. The Labute approximate surface area is 205 Å². The molecular weight excluding hydrogens is 472 g/mol. The fraction of sp³-hybridized carbons (Fsp3) is 0.565. The van der Waals surface area contributed by atoms with Crippen molar-refractivity contribution in [3.8, 4) is 6.07 Å². The zero-order valence-corrected chi connectivity index (χ0v) is 21.1. The smallest absolute Gasteiger partial charge is 0.244 e. The molecule has 190 valence electrons. The number of aliphatic hydroxyl groups is 1. The van der Waals surface area contributed by atoms with Crippen molar-refractivity contribution in [2.45, 2.75) is 56.9 Å². The Morgan fingerprint density at radius 1 is 1.37 bits per heavy atom. The molecule has 1 aromatic carbocycles. The van der Waals surface area contributed by atoms with Gasteiger partial charge in [-0.15, -0.1) is 5.10 Å². The number of carbonyl (C=O) groups is 1. The van der Waals surface area contributed by atoms with Gasteiger partial charge in [0.2, 0.25) is 15.9 Å². The largest absolute Gasteiger partial charge is 0.394 e. The average Bonchev–Trinajstić information content (AvgIpc) is 3.31. The first-order valence-corrected chi connectivity index (χ1v) is 13.0. The van der Waals surface area contributed by atoms with Gasteiger partial charge in [0.05, 0.1) is 42.0 Å². The van der Waals surface area contributed by atoms with E-state index >= 15 is 0 Å². The first-order chi connectivity index (χ1) is 16.7. The predicted molar refractivity (Wildman–Crippen MR) is 126 cm³/mol. The van der Waals surface area contributed by atoms with Crippen LogP contribution in [0.3, 0.4) is 0 Å². The molecule has 11 nitrogen and oxygen atoms in total. The molecule has 0 aliphatic carbocycles. The van der Waals surface area contributed by atoms with Crippen LogP contribution in [0.1, 0.15) is 37.9 Å². The summed E-state index contributed by atoms with van der Waals surface area (Å²) >= 11 is 0. The van der Waals surface area contributed by atoms with Crippen LogP contribution >= 0.6 is 0 Å². The van der Waals surface area contributed by atoms with E-state index < -0.39 is 22.2 Å². The molecule has 0 saturated carbocycles. The Morgan fingerprint density at radius 3 is 2.83 bits per heavy atom. The molecule has 35 heavy (non-hydrogen) atoms. The second-order valence-corrected chi connectivity index (χ2v) is 10.9. The first kappa shape index (κ1) is 26.7. The summed E-state index contributed by atoms with van der Waals surface area (Å²) in [6, 6.07) is 7.58. The molecule has 0 saturated heterocycles. The number of likely N-dealkylation sites (N-methyl/N-ethyl adjacent to an activating group) is 1. The summed E-state index contributed by atoms with van der Waals surface area (Å²) in [5.74, 6) is -0.367. The van der Waals surface area contributed by atoms with Gasteiger partial charge in [0.25, 0.3) is 0 Å². The van der Waals surface area contributed by atoms with Crippen LogP contribution in [-0.2, 0) is 32.7 Å². The van der Waals surface area contributed by atoms with Gasteiger partial charge in [0.15, 0.2) is 0 Å². The molecular formula is C23H32N6O5S. The summed E-state index contributed by atoms with van der Waals surface area (Å²) in [5, 5.41) is 27.3. The number of amides is 1. The highest BCUT2D eigenvalue weighted by atomic mass is 32.2. The highest BCUT2D eigenvalue weighted by Crippen LogP contribution is 2.22. The maximum Gasteiger partial charge on any atom is 0.244 e. The minimum atomic E-state index is -3.97. The molecule has 3 rings (SSSR count). The van der Waals surface area contributed by atoms with E-state index in [4.69, 9.17) is 4.74 Å². The standard InChI is InChI=1S/C23H32N6O5S/c1-17-12-29(18(2)15-30)23(31)9-6-10-28-13-20(25-26-28)16-34-21(17)14-27(3)35(32,33)22-8-5-4-7-19(22)11-24/h4-5,7-8,13,17-18,21,30H,6,9-10,12,14-16H2,1-3H3/t17-,18+,21+/m0/s1. The molecule has 2 heterocycles. The van der Waals surface area contributed by atoms with Crippen LogP contribution in [0.5, 0.6) is 0 Å². The molecule has 2 aromatic rings. The second kappa shape index (κ2) is 11.7. The minimum Gasteiger partial charge on any atom is -0.394 e. The normalized spacial score (nSPS) is 21.0. The van der Waals surface area contributed by atoms with Crippen LogP contribution in [-0.4, -0.2) is 82.5 Å². The third kappa shape index (κ3) is 6.43. The number of hydrogen-bond donors (Lipinski definition) is 1. The van der Waals surface area contributed by atoms with Crippen LogP contribution in [0, 0.1) is 17.2 Å². The molecule has 1 aliphatic heterocycles. The van der Waals surface area contributed by atoms with Crippen LogP contribution in [0.2, 0.25) is 0 Å². The van der Waals surface area contributed by atoms with Gasteiger partial charge in [0, 0.05) is 39.0 Å². The molecule has 0 spiro atoms. The second-order valence-electron chi connectivity index (χ2n) is 8.87. The number of nitrogens with zero attached hydrogens (tertiary/aromatic N) is 6. The van der Waals surface area contributed by atoms with E-state index in [9.17, 15) is 23.6 Å². The van der Waals surface area contributed by atoms with Crippen molar-refractivity contribution in [2.24, 2.45) is 5.92 Å². The van der Waals surface area contributed by atoms with E-state index in [1.165, 1.54) is 23.5 Å². The van der Waals surface area contributed by atoms with Crippen LogP contribution in [0.4, 0.5) is 0 Å². The van der Waals surface area contributed by atoms with E-state index in [1.54, 1.807) is 34.8 Å². The molecule has 1 aromatic heterocycles. The number of carbonyl (C=O) groups excluding carboxylic acids is 1. The topological polar surface area (TPSA) is 142 Å². The van der Waals surface area contributed by atoms with Crippen molar-refractivity contribution in [3.63, 3.8) is 0 Å². The van der Waals surface area contributed by atoms with Crippen LogP contribution in [0.15, 0.2) is 35.4 Å². The first-order valence-electron chi connectivity index (χ1n) is 11.5. The fourth-order valence-electron chi connectivity index (χ4n) is 4.00. The molecule has 1 amide bonds. The number of ether oxygens (including phenoxy) is 1. The molecule has 0 radical (unpaired) electrons. The number of nitriles is 1. The van der Waals surface area contributed by atoms with Crippen molar-refractivity contribution in [1.82, 2.24) is 24.2 Å². The number of rotatable bonds is 6. The average molecular weight is 505 g/mol. The van der Waals surface area contributed by atoms with Gasteiger partial charge in [-0.05, 0) is 25.5 Å². The lowest BCUT2D eigenvalue weighted by Gasteiger charge is -2.35. The summed E-state index contributed by atoms with van der Waals surface area (Å²) in [6.45, 7) is 4.41. The lowest BCUT2D eigenvalue weighted by Crippen LogP contribution is -2.47. The maximum atomic E-state index is 13.3. The van der Waals surface area contributed by atoms with Gasteiger partial charge in [-0.1, -0.05) is 24.3 Å². The van der Waals surface area contributed by atoms with Gasteiger partial charge < -0.3 is 14.7 Å². The number of hydrogen-bond acceptors (Lipinski definition) is 8. The Balaban J connectivity index is 1.89. The highest BCUT2D eigenvalue weighted by molar-refractivity contribution is 7.89.